The van der Waals surface area contributed by atoms with E-state index in [4.69, 9.17) is 4.74 Å². The molecule has 0 aliphatic carbocycles. The van der Waals surface area contributed by atoms with Crippen LogP contribution in [0.4, 0.5) is 11.4 Å². The van der Waals surface area contributed by atoms with Crippen LogP contribution in [0.5, 0.6) is 5.75 Å². The molecule has 35 heavy (non-hydrogen) atoms. The Kier molecular flexibility index (Phi) is 6.43. The van der Waals surface area contributed by atoms with Crippen molar-refractivity contribution < 1.29 is 9.53 Å². The number of rotatable bonds is 6. The van der Waals surface area contributed by atoms with Gasteiger partial charge in [0, 0.05) is 37.9 Å². The maximum atomic E-state index is 12.6. The van der Waals surface area contributed by atoms with Crippen molar-refractivity contribution in [3.63, 3.8) is 0 Å². The fourth-order valence-corrected chi connectivity index (χ4v) is 4.76. The first kappa shape index (κ1) is 22.9. The van der Waals surface area contributed by atoms with Crippen LogP contribution < -0.4 is 15.0 Å². The minimum absolute atomic E-state index is 0.00414. The van der Waals surface area contributed by atoms with E-state index in [0.29, 0.717) is 18.7 Å². The first-order chi connectivity index (χ1) is 17.0. The average Bonchev–Trinajstić information content (AvgIpc) is 2.90. The second-order valence-electron chi connectivity index (χ2n) is 9.27. The molecule has 5 heteroatoms. The SMILES string of the molecule is CC(NCC1CN(c2cccc(C(=O)N(C)C)c2)c2ccccc2O1)c1cccc2ccccc12. The van der Waals surface area contributed by atoms with Gasteiger partial charge in [0.2, 0.25) is 0 Å². The molecule has 0 aromatic heterocycles. The van der Waals surface area contributed by atoms with Gasteiger partial charge in [-0.1, -0.05) is 60.7 Å². The lowest BCUT2D eigenvalue weighted by Crippen LogP contribution is -2.44. The predicted molar refractivity (Wildman–Crippen MR) is 143 cm³/mol. The van der Waals surface area contributed by atoms with E-state index < -0.39 is 0 Å². The summed E-state index contributed by atoms with van der Waals surface area (Å²) in [5.74, 6) is 0.850. The summed E-state index contributed by atoms with van der Waals surface area (Å²) in [6.07, 6.45) is -0.0458. The fraction of sp³-hybridized carbons (Fsp3) is 0.233. The fourth-order valence-electron chi connectivity index (χ4n) is 4.76. The number of carbonyl (C=O) groups excluding carboxylic acids is 1. The highest BCUT2D eigenvalue weighted by molar-refractivity contribution is 5.95. The number of para-hydroxylation sites is 2. The van der Waals surface area contributed by atoms with Gasteiger partial charge in [-0.05, 0) is 53.6 Å². The van der Waals surface area contributed by atoms with Crippen LogP contribution in [0, 0.1) is 0 Å². The molecule has 0 bridgehead atoms. The van der Waals surface area contributed by atoms with E-state index >= 15 is 0 Å². The summed E-state index contributed by atoms with van der Waals surface area (Å²) in [4.78, 5) is 16.4. The molecule has 0 spiro atoms. The van der Waals surface area contributed by atoms with Crippen LogP contribution in [0.2, 0.25) is 0 Å². The van der Waals surface area contributed by atoms with Gasteiger partial charge in [-0.25, -0.2) is 0 Å². The summed E-state index contributed by atoms with van der Waals surface area (Å²) in [7, 11) is 3.55. The molecule has 0 saturated carbocycles. The Labute approximate surface area is 206 Å². The Morgan fingerprint density at radius 1 is 1.00 bits per heavy atom. The summed E-state index contributed by atoms with van der Waals surface area (Å²) in [5, 5.41) is 6.22. The van der Waals surface area contributed by atoms with Gasteiger partial charge >= 0.3 is 0 Å². The standard InChI is InChI=1S/C30H31N3O2/c1-21(26-15-9-11-22-10-4-5-14-27(22)26)31-19-25-20-33(28-16-6-7-17-29(28)35-25)24-13-8-12-23(18-24)30(34)32(2)3/h4-18,21,25,31H,19-20H2,1-3H3. The van der Waals surface area contributed by atoms with E-state index in [1.54, 1.807) is 19.0 Å². The quantitative estimate of drug-likeness (QED) is 0.391. The van der Waals surface area contributed by atoms with Gasteiger partial charge < -0.3 is 19.9 Å². The van der Waals surface area contributed by atoms with Gasteiger partial charge in [-0.3, -0.25) is 4.79 Å². The summed E-state index contributed by atoms with van der Waals surface area (Å²) in [6, 6.07) is 31.1. The second-order valence-corrected chi connectivity index (χ2v) is 9.27. The number of hydrogen-bond donors (Lipinski definition) is 1. The number of nitrogens with zero attached hydrogens (tertiary/aromatic N) is 2. The number of ether oxygens (including phenoxy) is 1. The average molecular weight is 466 g/mol. The zero-order chi connectivity index (χ0) is 24.4. The van der Waals surface area contributed by atoms with Crippen molar-refractivity contribution in [3.8, 4) is 5.75 Å². The molecule has 2 atom stereocenters. The Morgan fingerprint density at radius 3 is 2.60 bits per heavy atom. The van der Waals surface area contributed by atoms with Crippen molar-refractivity contribution in [1.82, 2.24) is 10.2 Å². The molecule has 5 rings (SSSR count). The molecule has 0 fully saturated rings. The zero-order valence-electron chi connectivity index (χ0n) is 20.4. The Morgan fingerprint density at radius 2 is 1.74 bits per heavy atom. The first-order valence-electron chi connectivity index (χ1n) is 12.1. The number of nitrogens with one attached hydrogen (secondary N) is 1. The predicted octanol–water partition coefficient (Wildman–Crippen LogP) is 5.79. The van der Waals surface area contributed by atoms with Gasteiger partial charge in [-0.2, -0.15) is 0 Å². The van der Waals surface area contributed by atoms with Crippen LogP contribution in [0.3, 0.4) is 0 Å². The van der Waals surface area contributed by atoms with Crippen LogP contribution in [-0.4, -0.2) is 44.1 Å². The minimum atomic E-state index is -0.0458. The number of anilines is 2. The van der Waals surface area contributed by atoms with E-state index in [0.717, 1.165) is 17.1 Å². The number of amides is 1. The molecule has 1 heterocycles. The van der Waals surface area contributed by atoms with Crippen LogP contribution >= 0.6 is 0 Å². The van der Waals surface area contributed by atoms with Crippen LogP contribution in [0.1, 0.15) is 28.9 Å². The van der Waals surface area contributed by atoms with E-state index in [1.807, 2.05) is 36.4 Å². The molecule has 2 unspecified atom stereocenters. The summed E-state index contributed by atoms with van der Waals surface area (Å²) < 4.78 is 6.39. The summed E-state index contributed by atoms with van der Waals surface area (Å²) >= 11 is 0. The van der Waals surface area contributed by atoms with Crippen LogP contribution in [0.25, 0.3) is 10.8 Å². The molecular formula is C30H31N3O2. The molecule has 1 N–H and O–H groups in total. The van der Waals surface area contributed by atoms with Gasteiger partial charge in [0.25, 0.3) is 5.91 Å². The van der Waals surface area contributed by atoms with Crippen LogP contribution in [0.15, 0.2) is 91.0 Å². The van der Waals surface area contributed by atoms with E-state index in [1.165, 1.54) is 16.3 Å². The highest BCUT2D eigenvalue weighted by Crippen LogP contribution is 2.38. The molecule has 178 valence electrons. The number of fused-ring (bicyclic) bond motifs is 2. The van der Waals surface area contributed by atoms with Gasteiger partial charge in [0.15, 0.2) is 0 Å². The third-order valence-electron chi connectivity index (χ3n) is 6.59. The van der Waals surface area contributed by atoms with E-state index in [9.17, 15) is 4.79 Å². The molecule has 1 aliphatic rings. The smallest absolute Gasteiger partial charge is 0.253 e. The lowest BCUT2D eigenvalue weighted by molar-refractivity contribution is 0.0827. The molecule has 4 aromatic rings. The number of hydrogen-bond acceptors (Lipinski definition) is 4. The normalized spacial score (nSPS) is 15.9. The van der Waals surface area contributed by atoms with E-state index in [-0.39, 0.29) is 18.1 Å². The molecule has 1 amide bonds. The lowest BCUT2D eigenvalue weighted by Gasteiger charge is -2.37. The molecular weight excluding hydrogens is 434 g/mol. The number of benzene rings is 4. The molecule has 4 aromatic carbocycles. The van der Waals surface area contributed by atoms with Crippen molar-refractivity contribution >= 4 is 28.1 Å². The molecule has 1 aliphatic heterocycles. The van der Waals surface area contributed by atoms with E-state index in [2.05, 4.69) is 71.7 Å². The first-order valence-corrected chi connectivity index (χ1v) is 12.1. The Balaban J connectivity index is 1.37. The molecule has 5 nitrogen and oxygen atoms in total. The second kappa shape index (κ2) is 9.80. The van der Waals surface area contributed by atoms with Crippen molar-refractivity contribution in [2.75, 3.05) is 32.1 Å². The number of carbonyl (C=O) groups is 1. The molecule has 0 saturated heterocycles. The van der Waals surface area contributed by atoms with Gasteiger partial charge in [0.05, 0.1) is 12.2 Å². The highest BCUT2D eigenvalue weighted by atomic mass is 16.5. The van der Waals surface area contributed by atoms with Crippen molar-refractivity contribution in [2.45, 2.75) is 19.1 Å². The van der Waals surface area contributed by atoms with Crippen molar-refractivity contribution in [3.05, 3.63) is 102 Å². The maximum absolute atomic E-state index is 12.6. The third kappa shape index (κ3) is 4.73. The Bertz CT molecular complexity index is 1350. The summed E-state index contributed by atoms with van der Waals surface area (Å²) in [6.45, 7) is 3.59. The van der Waals surface area contributed by atoms with Crippen LogP contribution in [-0.2, 0) is 0 Å². The largest absolute Gasteiger partial charge is 0.485 e. The van der Waals surface area contributed by atoms with Crippen molar-refractivity contribution in [1.29, 1.82) is 0 Å². The van der Waals surface area contributed by atoms with Gasteiger partial charge in [0.1, 0.15) is 11.9 Å². The third-order valence-corrected chi connectivity index (χ3v) is 6.59. The Hall–Kier alpha value is -3.83. The summed E-state index contributed by atoms with van der Waals surface area (Å²) in [5.41, 5.74) is 3.96. The monoisotopic (exact) mass is 465 g/mol. The lowest BCUT2D eigenvalue weighted by atomic mass is 9.99. The molecule has 0 radical (unpaired) electrons. The maximum Gasteiger partial charge on any atom is 0.253 e. The van der Waals surface area contributed by atoms with Gasteiger partial charge in [-0.15, -0.1) is 0 Å². The minimum Gasteiger partial charge on any atom is -0.485 e. The van der Waals surface area contributed by atoms with Crippen molar-refractivity contribution in [2.24, 2.45) is 0 Å². The highest BCUT2D eigenvalue weighted by Gasteiger charge is 2.27. The zero-order valence-corrected chi connectivity index (χ0v) is 20.4. The topological polar surface area (TPSA) is 44.8 Å².